The van der Waals surface area contributed by atoms with Crippen LogP contribution in [0, 0.1) is 11.8 Å². The Balaban J connectivity index is 1.80. The molecule has 0 radical (unpaired) electrons. The minimum absolute atomic E-state index is 0.203. The second-order valence-electron chi connectivity index (χ2n) is 7.88. The topological polar surface area (TPSA) is 38.3 Å². The van der Waals surface area contributed by atoms with E-state index in [2.05, 4.69) is 29.6 Å². The molecule has 1 aromatic rings. The van der Waals surface area contributed by atoms with Gasteiger partial charge in [-0.1, -0.05) is 30.3 Å². The first kappa shape index (κ1) is 18.8. The average molecular weight is 335 g/mol. The second kappa shape index (κ2) is 8.50. The van der Waals surface area contributed by atoms with Gasteiger partial charge in [-0.15, -0.1) is 0 Å². The Morgan fingerprint density at radius 2 is 1.83 bits per heavy atom. The zero-order valence-electron chi connectivity index (χ0n) is 15.1. The molecule has 2 rings (SSSR count). The van der Waals surface area contributed by atoms with Gasteiger partial charge in [-0.3, -0.25) is 0 Å². The van der Waals surface area contributed by atoms with E-state index in [9.17, 15) is 9.18 Å². The number of alkyl halides is 1. The third kappa shape index (κ3) is 6.14. The van der Waals surface area contributed by atoms with Crippen LogP contribution in [0.25, 0.3) is 0 Å². The summed E-state index contributed by atoms with van der Waals surface area (Å²) in [6.45, 7) is 4.90. The molecule has 1 aliphatic carbocycles. The standard InChI is InChI=1S/C20H30FNO2/c1-20(2,3)24-19(23)22-18(14-21)17-11-9-16(10-12-17)13-15-7-5-4-6-8-15/h4-8,16-18H,9-14H2,1-3H3,(H,22,23)/t16?,17?,18-/m1/s1. The maximum Gasteiger partial charge on any atom is 0.407 e. The van der Waals surface area contributed by atoms with Crippen molar-refractivity contribution in [2.45, 2.75) is 64.5 Å². The number of benzene rings is 1. The van der Waals surface area contributed by atoms with Crippen LogP contribution in [0.1, 0.15) is 52.0 Å². The van der Waals surface area contributed by atoms with Gasteiger partial charge in [-0.2, -0.15) is 0 Å². The number of rotatable bonds is 5. The molecule has 0 unspecified atom stereocenters. The van der Waals surface area contributed by atoms with Gasteiger partial charge in [0, 0.05) is 0 Å². The lowest BCUT2D eigenvalue weighted by Gasteiger charge is -2.33. The zero-order chi connectivity index (χ0) is 17.6. The lowest BCUT2D eigenvalue weighted by Crippen LogP contribution is -2.45. The van der Waals surface area contributed by atoms with Crippen LogP contribution in [0.15, 0.2) is 30.3 Å². The average Bonchev–Trinajstić information content (AvgIpc) is 2.53. The predicted molar refractivity (Wildman–Crippen MR) is 94.7 cm³/mol. The molecule has 0 heterocycles. The van der Waals surface area contributed by atoms with Crippen molar-refractivity contribution in [1.29, 1.82) is 0 Å². The summed E-state index contributed by atoms with van der Waals surface area (Å²) < 4.78 is 18.7. The first-order valence-corrected chi connectivity index (χ1v) is 8.97. The molecule has 0 aliphatic heterocycles. The van der Waals surface area contributed by atoms with Gasteiger partial charge in [0.1, 0.15) is 12.3 Å². The third-order valence-electron chi connectivity index (χ3n) is 4.70. The molecule has 1 aromatic carbocycles. The van der Waals surface area contributed by atoms with E-state index in [4.69, 9.17) is 4.74 Å². The maximum absolute atomic E-state index is 13.4. The van der Waals surface area contributed by atoms with Crippen molar-refractivity contribution >= 4 is 6.09 Å². The number of carbonyl (C=O) groups is 1. The van der Waals surface area contributed by atoms with E-state index in [0.717, 1.165) is 32.1 Å². The Hall–Kier alpha value is -1.58. The van der Waals surface area contributed by atoms with Gasteiger partial charge in [-0.05, 0) is 70.3 Å². The number of hydrogen-bond donors (Lipinski definition) is 1. The molecule has 4 heteroatoms. The van der Waals surface area contributed by atoms with Crippen molar-refractivity contribution in [2.24, 2.45) is 11.8 Å². The minimum Gasteiger partial charge on any atom is -0.444 e. The summed E-state index contributed by atoms with van der Waals surface area (Å²) in [6, 6.07) is 10.1. The highest BCUT2D eigenvalue weighted by molar-refractivity contribution is 5.68. The van der Waals surface area contributed by atoms with E-state index in [1.165, 1.54) is 5.56 Å². The molecule has 1 amide bonds. The van der Waals surface area contributed by atoms with Crippen molar-refractivity contribution in [3.05, 3.63) is 35.9 Å². The number of alkyl carbamates (subject to hydrolysis) is 1. The Kier molecular flexibility index (Phi) is 6.64. The summed E-state index contributed by atoms with van der Waals surface area (Å²) in [5.41, 5.74) is 0.813. The van der Waals surface area contributed by atoms with Gasteiger partial charge < -0.3 is 10.1 Å². The van der Waals surface area contributed by atoms with Crippen LogP contribution < -0.4 is 5.32 Å². The number of ether oxygens (including phenoxy) is 1. The highest BCUT2D eigenvalue weighted by Gasteiger charge is 2.30. The smallest absolute Gasteiger partial charge is 0.407 e. The molecule has 1 saturated carbocycles. The van der Waals surface area contributed by atoms with Crippen molar-refractivity contribution in [3.63, 3.8) is 0 Å². The lowest BCUT2D eigenvalue weighted by atomic mass is 9.76. The summed E-state index contributed by atoms with van der Waals surface area (Å²) >= 11 is 0. The van der Waals surface area contributed by atoms with Crippen LogP contribution in [0.4, 0.5) is 9.18 Å². The summed E-state index contributed by atoms with van der Waals surface area (Å²) in [5, 5.41) is 2.72. The predicted octanol–water partition coefficient (Wildman–Crippen LogP) is 4.90. The molecule has 134 valence electrons. The van der Waals surface area contributed by atoms with Crippen LogP contribution in [-0.4, -0.2) is 24.4 Å². The number of halogens is 1. The second-order valence-corrected chi connectivity index (χ2v) is 7.88. The fourth-order valence-electron chi connectivity index (χ4n) is 3.48. The summed E-state index contributed by atoms with van der Waals surface area (Å²) in [7, 11) is 0. The van der Waals surface area contributed by atoms with Gasteiger partial charge in [-0.25, -0.2) is 9.18 Å². The molecule has 1 aliphatic rings. The first-order valence-electron chi connectivity index (χ1n) is 8.97. The molecule has 1 atom stereocenters. The zero-order valence-corrected chi connectivity index (χ0v) is 15.1. The van der Waals surface area contributed by atoms with Crippen LogP contribution in [0.5, 0.6) is 0 Å². The van der Waals surface area contributed by atoms with Crippen molar-refractivity contribution < 1.29 is 13.9 Å². The van der Waals surface area contributed by atoms with Gasteiger partial charge in [0.2, 0.25) is 0 Å². The van der Waals surface area contributed by atoms with Crippen LogP contribution in [-0.2, 0) is 11.2 Å². The van der Waals surface area contributed by atoms with Crippen LogP contribution in [0.3, 0.4) is 0 Å². The molecule has 24 heavy (non-hydrogen) atoms. The van der Waals surface area contributed by atoms with Gasteiger partial charge in [0.15, 0.2) is 0 Å². The number of amides is 1. The molecule has 0 aromatic heterocycles. The van der Waals surface area contributed by atoms with Crippen LogP contribution in [0.2, 0.25) is 0 Å². The van der Waals surface area contributed by atoms with E-state index in [1.54, 1.807) is 0 Å². The maximum atomic E-state index is 13.4. The van der Waals surface area contributed by atoms with E-state index in [1.807, 2.05) is 26.8 Å². The molecule has 0 bridgehead atoms. The van der Waals surface area contributed by atoms with E-state index < -0.39 is 24.4 Å². The molecule has 0 spiro atoms. The number of hydrogen-bond acceptors (Lipinski definition) is 2. The largest absolute Gasteiger partial charge is 0.444 e. The summed E-state index contributed by atoms with van der Waals surface area (Å²) in [6.07, 6.45) is 4.67. The van der Waals surface area contributed by atoms with E-state index in [0.29, 0.717) is 5.92 Å². The van der Waals surface area contributed by atoms with Crippen molar-refractivity contribution in [3.8, 4) is 0 Å². The summed E-state index contributed by atoms with van der Waals surface area (Å²) in [5.74, 6) is 0.861. The Bertz CT molecular complexity index is 504. The van der Waals surface area contributed by atoms with Crippen molar-refractivity contribution in [2.75, 3.05) is 6.67 Å². The first-order chi connectivity index (χ1) is 11.4. The third-order valence-corrected chi connectivity index (χ3v) is 4.70. The van der Waals surface area contributed by atoms with Crippen LogP contribution >= 0.6 is 0 Å². The van der Waals surface area contributed by atoms with Crippen molar-refractivity contribution in [1.82, 2.24) is 5.32 Å². The SMILES string of the molecule is CC(C)(C)OC(=O)N[C@H](CF)C1CCC(Cc2ccccc2)CC1. The highest BCUT2D eigenvalue weighted by atomic mass is 19.1. The molecule has 1 N–H and O–H groups in total. The normalized spacial score (nSPS) is 22.7. The monoisotopic (exact) mass is 335 g/mol. The number of carbonyl (C=O) groups excluding carboxylic acids is 1. The summed E-state index contributed by atoms with van der Waals surface area (Å²) in [4.78, 5) is 11.9. The van der Waals surface area contributed by atoms with E-state index >= 15 is 0 Å². The Labute approximate surface area is 145 Å². The minimum atomic E-state index is -0.557. The van der Waals surface area contributed by atoms with Gasteiger partial charge in [0.25, 0.3) is 0 Å². The van der Waals surface area contributed by atoms with Gasteiger partial charge >= 0.3 is 6.09 Å². The van der Waals surface area contributed by atoms with Gasteiger partial charge in [0.05, 0.1) is 6.04 Å². The molecule has 0 saturated heterocycles. The fourth-order valence-corrected chi connectivity index (χ4v) is 3.48. The highest BCUT2D eigenvalue weighted by Crippen LogP contribution is 2.33. The molecular formula is C20H30FNO2. The fraction of sp³-hybridized carbons (Fsp3) is 0.650. The molecule has 1 fully saturated rings. The van der Waals surface area contributed by atoms with E-state index in [-0.39, 0.29) is 5.92 Å². The quantitative estimate of drug-likeness (QED) is 0.831. The molecule has 3 nitrogen and oxygen atoms in total. The number of nitrogens with one attached hydrogen (secondary N) is 1. The Morgan fingerprint density at radius 1 is 1.21 bits per heavy atom. The Morgan fingerprint density at radius 3 is 2.38 bits per heavy atom. The molecular weight excluding hydrogens is 305 g/mol. The lowest BCUT2D eigenvalue weighted by molar-refractivity contribution is 0.0458.